The van der Waals surface area contributed by atoms with Gasteiger partial charge in [-0.1, -0.05) is 53.7 Å². The van der Waals surface area contributed by atoms with Gasteiger partial charge in [-0.2, -0.15) is 0 Å². The molecule has 1 N–H and O–H groups in total. The zero-order chi connectivity index (χ0) is 23.3. The Balaban J connectivity index is 1.25. The summed E-state index contributed by atoms with van der Waals surface area (Å²) < 4.78 is 7.21. The monoisotopic (exact) mass is 455 g/mol. The van der Waals surface area contributed by atoms with Crippen LogP contribution in [0, 0.1) is 6.92 Å². The molecule has 7 nitrogen and oxygen atoms in total. The largest absolute Gasteiger partial charge is 0.379 e. The molecule has 1 aromatic heterocycles. The number of ether oxygens (including phenoxy) is 1. The van der Waals surface area contributed by atoms with Crippen LogP contribution in [-0.4, -0.2) is 65.2 Å². The van der Waals surface area contributed by atoms with Gasteiger partial charge in [-0.05, 0) is 41.0 Å². The average molecular weight is 456 g/mol. The van der Waals surface area contributed by atoms with E-state index in [1.54, 1.807) is 0 Å². The second-order valence-electron chi connectivity index (χ2n) is 8.72. The van der Waals surface area contributed by atoms with Gasteiger partial charge in [-0.25, -0.2) is 4.68 Å². The molecule has 0 unspecified atom stereocenters. The van der Waals surface area contributed by atoms with Crippen LogP contribution in [0.4, 0.5) is 0 Å². The molecular formula is C27H29N5O2. The van der Waals surface area contributed by atoms with Crippen LogP contribution in [0.2, 0.25) is 0 Å². The maximum absolute atomic E-state index is 12.8. The van der Waals surface area contributed by atoms with Crippen LogP contribution in [0.5, 0.6) is 0 Å². The third-order valence-electron chi connectivity index (χ3n) is 6.29. The van der Waals surface area contributed by atoms with Gasteiger partial charge in [0.1, 0.15) is 5.69 Å². The van der Waals surface area contributed by atoms with Gasteiger partial charge in [0.2, 0.25) is 0 Å². The SMILES string of the molecule is Cc1ccc(-c2cn(Cc3ccc4ccccc4c3)nn2)cc1C(=O)NCCN1CCOCC1. The Bertz CT molecular complexity index is 1290. The number of aryl methyl sites for hydroxylation is 1. The lowest BCUT2D eigenvalue weighted by Crippen LogP contribution is -2.41. The molecule has 4 aromatic rings. The number of nitrogens with zero attached hydrogens (tertiary/aromatic N) is 4. The average Bonchev–Trinajstić information content (AvgIpc) is 3.33. The molecule has 0 bridgehead atoms. The van der Waals surface area contributed by atoms with Crippen molar-refractivity contribution in [2.75, 3.05) is 39.4 Å². The van der Waals surface area contributed by atoms with E-state index in [4.69, 9.17) is 4.74 Å². The molecule has 1 aliphatic heterocycles. The molecule has 0 saturated carbocycles. The lowest BCUT2D eigenvalue weighted by Gasteiger charge is -2.26. The van der Waals surface area contributed by atoms with E-state index >= 15 is 0 Å². The van der Waals surface area contributed by atoms with Crippen LogP contribution in [0.1, 0.15) is 21.5 Å². The lowest BCUT2D eigenvalue weighted by atomic mass is 10.0. The normalized spacial score (nSPS) is 14.4. The van der Waals surface area contributed by atoms with Gasteiger partial charge >= 0.3 is 0 Å². The van der Waals surface area contributed by atoms with Crippen molar-refractivity contribution < 1.29 is 9.53 Å². The molecule has 1 aliphatic rings. The van der Waals surface area contributed by atoms with Crippen LogP contribution in [-0.2, 0) is 11.3 Å². The van der Waals surface area contributed by atoms with E-state index in [2.05, 4.69) is 50.9 Å². The molecule has 34 heavy (non-hydrogen) atoms. The zero-order valence-corrected chi connectivity index (χ0v) is 19.4. The molecule has 7 heteroatoms. The minimum atomic E-state index is -0.0591. The number of nitrogens with one attached hydrogen (secondary N) is 1. The fourth-order valence-electron chi connectivity index (χ4n) is 4.31. The Morgan fingerprint density at radius 2 is 1.85 bits per heavy atom. The van der Waals surface area contributed by atoms with E-state index in [9.17, 15) is 4.79 Å². The van der Waals surface area contributed by atoms with Gasteiger partial charge in [0.25, 0.3) is 5.91 Å². The molecule has 0 atom stereocenters. The Labute approximate surface area is 199 Å². The number of benzene rings is 3. The van der Waals surface area contributed by atoms with Crippen LogP contribution < -0.4 is 5.32 Å². The highest BCUT2D eigenvalue weighted by molar-refractivity contribution is 5.96. The summed E-state index contributed by atoms with van der Waals surface area (Å²) >= 11 is 0. The third kappa shape index (κ3) is 5.16. The number of morpholine rings is 1. The molecule has 1 saturated heterocycles. The molecular weight excluding hydrogens is 426 g/mol. The van der Waals surface area contributed by atoms with Gasteiger partial charge in [-0.3, -0.25) is 9.69 Å². The maximum atomic E-state index is 12.8. The lowest BCUT2D eigenvalue weighted by molar-refractivity contribution is 0.0383. The van der Waals surface area contributed by atoms with Crippen LogP contribution >= 0.6 is 0 Å². The van der Waals surface area contributed by atoms with Crippen molar-refractivity contribution in [3.05, 3.63) is 83.6 Å². The number of carbonyl (C=O) groups is 1. The van der Waals surface area contributed by atoms with Crippen molar-refractivity contribution in [3.63, 3.8) is 0 Å². The minimum absolute atomic E-state index is 0.0591. The van der Waals surface area contributed by atoms with E-state index in [-0.39, 0.29) is 5.91 Å². The summed E-state index contributed by atoms with van der Waals surface area (Å²) in [7, 11) is 0. The van der Waals surface area contributed by atoms with E-state index in [0.717, 1.165) is 49.7 Å². The molecule has 0 radical (unpaired) electrons. The summed E-state index contributed by atoms with van der Waals surface area (Å²) in [6, 6.07) is 20.6. The van der Waals surface area contributed by atoms with Crippen molar-refractivity contribution >= 4 is 16.7 Å². The van der Waals surface area contributed by atoms with Crippen molar-refractivity contribution in [1.29, 1.82) is 0 Å². The van der Waals surface area contributed by atoms with Crippen LogP contribution in [0.25, 0.3) is 22.0 Å². The van der Waals surface area contributed by atoms with Crippen LogP contribution in [0.3, 0.4) is 0 Å². The molecule has 0 aliphatic carbocycles. The molecule has 1 fully saturated rings. The molecule has 174 valence electrons. The minimum Gasteiger partial charge on any atom is -0.379 e. The van der Waals surface area contributed by atoms with Gasteiger partial charge in [0.15, 0.2) is 0 Å². The Hall–Kier alpha value is -3.55. The van der Waals surface area contributed by atoms with E-state index < -0.39 is 0 Å². The second kappa shape index (κ2) is 10.2. The number of carbonyl (C=O) groups excluding carboxylic acids is 1. The molecule has 0 spiro atoms. The fraction of sp³-hybridized carbons (Fsp3) is 0.296. The summed E-state index contributed by atoms with van der Waals surface area (Å²) in [4.78, 5) is 15.2. The quantitative estimate of drug-likeness (QED) is 0.462. The predicted molar refractivity (Wildman–Crippen MR) is 133 cm³/mol. The first-order valence-electron chi connectivity index (χ1n) is 11.7. The molecule has 2 heterocycles. The molecule has 1 amide bonds. The van der Waals surface area contributed by atoms with Crippen molar-refractivity contribution in [3.8, 4) is 11.3 Å². The van der Waals surface area contributed by atoms with Crippen LogP contribution in [0.15, 0.2) is 66.9 Å². The first-order valence-corrected chi connectivity index (χ1v) is 11.7. The molecule has 5 rings (SSSR count). The first-order chi connectivity index (χ1) is 16.7. The molecule has 3 aromatic carbocycles. The van der Waals surface area contributed by atoms with Gasteiger partial charge in [-0.15, -0.1) is 5.10 Å². The first kappa shape index (κ1) is 22.3. The van der Waals surface area contributed by atoms with E-state index in [1.165, 1.54) is 16.3 Å². The number of rotatable bonds is 7. The summed E-state index contributed by atoms with van der Waals surface area (Å²) in [6.45, 7) is 7.39. The summed E-state index contributed by atoms with van der Waals surface area (Å²) in [5, 5.41) is 14.2. The number of hydrogen-bond acceptors (Lipinski definition) is 5. The highest BCUT2D eigenvalue weighted by atomic mass is 16.5. The second-order valence-corrected chi connectivity index (χ2v) is 8.72. The van der Waals surface area contributed by atoms with Crippen molar-refractivity contribution in [2.45, 2.75) is 13.5 Å². The predicted octanol–water partition coefficient (Wildman–Crippen LogP) is 3.52. The van der Waals surface area contributed by atoms with Crippen molar-refractivity contribution in [2.24, 2.45) is 0 Å². The highest BCUT2D eigenvalue weighted by Crippen LogP contribution is 2.21. The van der Waals surface area contributed by atoms with Gasteiger partial charge < -0.3 is 10.1 Å². The Morgan fingerprint density at radius 1 is 1.03 bits per heavy atom. The van der Waals surface area contributed by atoms with Gasteiger partial charge in [0.05, 0.1) is 26.0 Å². The van der Waals surface area contributed by atoms with E-state index in [0.29, 0.717) is 18.7 Å². The topological polar surface area (TPSA) is 72.3 Å². The standard InChI is InChI=1S/C27H29N5O2/c1-20-6-8-24(17-25(20)27(33)28-10-11-31-12-14-34-15-13-31)26-19-32(30-29-26)18-21-7-9-22-4-2-3-5-23(22)16-21/h2-9,16-17,19H,10-15,18H2,1H3,(H,28,33). The highest BCUT2D eigenvalue weighted by Gasteiger charge is 2.14. The van der Waals surface area contributed by atoms with E-state index in [1.807, 2.05) is 48.1 Å². The maximum Gasteiger partial charge on any atom is 0.251 e. The van der Waals surface area contributed by atoms with Gasteiger partial charge in [0, 0.05) is 37.3 Å². The number of amides is 1. The Kier molecular flexibility index (Phi) is 6.65. The number of aromatic nitrogens is 3. The summed E-state index contributed by atoms with van der Waals surface area (Å²) in [5.41, 5.74) is 4.41. The zero-order valence-electron chi connectivity index (χ0n) is 19.4. The number of hydrogen-bond donors (Lipinski definition) is 1. The smallest absolute Gasteiger partial charge is 0.251 e. The summed E-state index contributed by atoms with van der Waals surface area (Å²) in [6.07, 6.45) is 1.93. The fourth-order valence-corrected chi connectivity index (χ4v) is 4.31. The number of fused-ring (bicyclic) bond motifs is 1. The third-order valence-corrected chi connectivity index (χ3v) is 6.29. The summed E-state index contributed by atoms with van der Waals surface area (Å²) in [5.74, 6) is -0.0591. The Morgan fingerprint density at radius 3 is 2.71 bits per heavy atom. The van der Waals surface area contributed by atoms with Crippen molar-refractivity contribution in [1.82, 2.24) is 25.2 Å².